The van der Waals surface area contributed by atoms with E-state index >= 15 is 0 Å². The number of likely N-dealkylation sites (N-methyl/N-ethyl adjacent to an activating group) is 1. The van der Waals surface area contributed by atoms with Crippen LogP contribution >= 0.6 is 0 Å². The first-order chi connectivity index (χ1) is 21.0. The lowest BCUT2D eigenvalue weighted by Gasteiger charge is -2.27. The highest BCUT2D eigenvalue weighted by Crippen LogP contribution is 2.31. The zero-order valence-corrected chi connectivity index (χ0v) is 24.0. The molecule has 0 radical (unpaired) electrons. The van der Waals surface area contributed by atoms with Gasteiger partial charge in [-0.1, -0.05) is 13.8 Å². The zero-order valence-electron chi connectivity index (χ0n) is 24.0. The molecule has 0 spiro atoms. The van der Waals surface area contributed by atoms with Gasteiger partial charge in [-0.05, 0) is 86.6 Å². The summed E-state index contributed by atoms with van der Waals surface area (Å²) in [7, 11) is 0. The van der Waals surface area contributed by atoms with E-state index in [1.165, 1.54) is 0 Å². The van der Waals surface area contributed by atoms with Gasteiger partial charge < -0.3 is 15.0 Å². The number of ether oxygens (including phenoxy) is 1. The first-order valence-electron chi connectivity index (χ1n) is 14.0. The molecule has 3 aromatic rings. The molecule has 0 saturated heterocycles. The van der Waals surface area contributed by atoms with Crippen LogP contribution < -0.4 is 10.1 Å². The molecule has 1 aliphatic carbocycles. The normalized spacial score (nSPS) is 17.0. The number of nitrogens with one attached hydrogen (secondary N) is 1. The Morgan fingerprint density at radius 2 is 1.30 bits per heavy atom. The lowest BCUT2D eigenvalue weighted by molar-refractivity contribution is -0.113. The number of hydrogen-bond acceptors (Lipinski definition) is 4. The molecule has 5 nitrogen and oxygen atoms in total. The Labute approximate surface area is 250 Å². The SMILES string of the molecule is CCN(CC)CCOc1ccc(C(=O)NC2C/C(=C\c3ccc(F)c(F)c3F)C(=O)/C(=C/c3ccc(F)c(F)c3F)C2)cc1. The lowest BCUT2D eigenvalue weighted by atomic mass is 9.83. The van der Waals surface area contributed by atoms with Crippen LogP contribution in [0.3, 0.4) is 0 Å². The van der Waals surface area contributed by atoms with E-state index in [1.54, 1.807) is 24.3 Å². The van der Waals surface area contributed by atoms with E-state index in [-0.39, 0.29) is 29.6 Å². The van der Waals surface area contributed by atoms with Gasteiger partial charge in [0.25, 0.3) is 5.91 Å². The number of ketones is 1. The molecule has 3 aromatic carbocycles. The fraction of sp³-hybridized carbons (Fsp3) is 0.273. The van der Waals surface area contributed by atoms with Gasteiger partial charge in [-0.15, -0.1) is 0 Å². The fourth-order valence-corrected chi connectivity index (χ4v) is 4.83. The van der Waals surface area contributed by atoms with E-state index in [4.69, 9.17) is 4.74 Å². The van der Waals surface area contributed by atoms with Crippen molar-refractivity contribution >= 4 is 23.8 Å². The van der Waals surface area contributed by atoms with Crippen molar-refractivity contribution < 1.29 is 40.7 Å². The summed E-state index contributed by atoms with van der Waals surface area (Å²) in [6.07, 6.45) is 1.76. The van der Waals surface area contributed by atoms with Crippen LogP contribution in [-0.2, 0) is 4.79 Å². The van der Waals surface area contributed by atoms with Gasteiger partial charge in [0.1, 0.15) is 12.4 Å². The first-order valence-corrected chi connectivity index (χ1v) is 14.0. The number of benzene rings is 3. The first kappa shape index (κ1) is 32.5. The molecule has 11 heteroatoms. The Morgan fingerprint density at radius 1 is 0.795 bits per heavy atom. The number of carbonyl (C=O) groups is 2. The van der Waals surface area contributed by atoms with Crippen LogP contribution in [0, 0.1) is 34.9 Å². The molecule has 0 aromatic heterocycles. The number of carbonyl (C=O) groups excluding carboxylic acids is 2. The molecule has 232 valence electrons. The van der Waals surface area contributed by atoms with Crippen LogP contribution in [0.2, 0.25) is 0 Å². The molecule has 0 aliphatic heterocycles. The van der Waals surface area contributed by atoms with E-state index in [1.807, 2.05) is 0 Å². The fourth-order valence-electron chi connectivity index (χ4n) is 4.83. The minimum Gasteiger partial charge on any atom is -0.492 e. The summed E-state index contributed by atoms with van der Waals surface area (Å²) in [5.41, 5.74) is -0.772. The van der Waals surface area contributed by atoms with Crippen molar-refractivity contribution in [2.45, 2.75) is 32.7 Å². The van der Waals surface area contributed by atoms with Gasteiger partial charge in [-0.3, -0.25) is 9.59 Å². The highest BCUT2D eigenvalue weighted by Gasteiger charge is 2.30. The second kappa shape index (κ2) is 14.4. The third-order valence-corrected chi connectivity index (χ3v) is 7.33. The van der Waals surface area contributed by atoms with Crippen molar-refractivity contribution in [3.8, 4) is 5.75 Å². The van der Waals surface area contributed by atoms with E-state index in [0.29, 0.717) is 24.5 Å². The number of nitrogens with zero attached hydrogens (tertiary/aromatic N) is 1. The van der Waals surface area contributed by atoms with E-state index in [9.17, 15) is 35.9 Å². The van der Waals surface area contributed by atoms with Gasteiger partial charge in [0.05, 0.1) is 0 Å². The number of rotatable bonds is 10. The summed E-state index contributed by atoms with van der Waals surface area (Å²) in [6.45, 7) is 7.10. The van der Waals surface area contributed by atoms with Gasteiger partial charge in [0, 0.05) is 40.4 Å². The Balaban J connectivity index is 1.58. The van der Waals surface area contributed by atoms with Crippen LogP contribution in [0.4, 0.5) is 26.3 Å². The summed E-state index contributed by atoms with van der Waals surface area (Å²) in [5.74, 6) is -10.00. The number of Topliss-reactive ketones (excluding diaryl/α,β-unsaturated/α-hetero) is 1. The molecule has 1 fully saturated rings. The maximum atomic E-state index is 14.4. The minimum atomic E-state index is -1.73. The summed E-state index contributed by atoms with van der Waals surface area (Å²) in [4.78, 5) is 28.6. The average Bonchev–Trinajstić information content (AvgIpc) is 3.02. The molecule has 0 bridgehead atoms. The van der Waals surface area contributed by atoms with Crippen LogP contribution in [-0.4, -0.2) is 48.9 Å². The second-order valence-corrected chi connectivity index (χ2v) is 10.2. The van der Waals surface area contributed by atoms with Gasteiger partial charge in [0.2, 0.25) is 0 Å². The molecule has 0 heterocycles. The van der Waals surface area contributed by atoms with Crippen molar-refractivity contribution in [3.05, 3.63) is 111 Å². The third-order valence-electron chi connectivity index (χ3n) is 7.33. The van der Waals surface area contributed by atoms with Crippen LogP contribution in [0.15, 0.2) is 59.7 Å². The average molecular weight is 617 g/mol. The molecule has 1 saturated carbocycles. The largest absolute Gasteiger partial charge is 0.492 e. The molecular weight excluding hydrogens is 586 g/mol. The van der Waals surface area contributed by atoms with Gasteiger partial charge in [0.15, 0.2) is 40.7 Å². The van der Waals surface area contributed by atoms with Crippen molar-refractivity contribution in [1.29, 1.82) is 0 Å². The van der Waals surface area contributed by atoms with Gasteiger partial charge in [-0.2, -0.15) is 0 Å². The molecule has 0 atom stereocenters. The number of hydrogen-bond donors (Lipinski definition) is 1. The topological polar surface area (TPSA) is 58.6 Å². The zero-order chi connectivity index (χ0) is 32.0. The van der Waals surface area contributed by atoms with Crippen molar-refractivity contribution in [1.82, 2.24) is 10.2 Å². The molecular formula is C33H30F6N2O3. The predicted octanol–water partition coefficient (Wildman–Crippen LogP) is 6.87. The second-order valence-electron chi connectivity index (χ2n) is 10.2. The maximum Gasteiger partial charge on any atom is 0.251 e. The highest BCUT2D eigenvalue weighted by atomic mass is 19.2. The lowest BCUT2D eigenvalue weighted by Crippen LogP contribution is -2.39. The summed E-state index contributed by atoms with van der Waals surface area (Å²) < 4.78 is 89.3. The van der Waals surface area contributed by atoms with E-state index in [0.717, 1.165) is 43.9 Å². The van der Waals surface area contributed by atoms with Gasteiger partial charge >= 0.3 is 0 Å². The molecule has 44 heavy (non-hydrogen) atoms. The van der Waals surface area contributed by atoms with Crippen molar-refractivity contribution in [2.24, 2.45) is 0 Å². The van der Waals surface area contributed by atoms with Crippen LogP contribution in [0.25, 0.3) is 12.2 Å². The quantitative estimate of drug-likeness (QED) is 0.154. The van der Waals surface area contributed by atoms with Crippen LogP contribution in [0.1, 0.15) is 48.2 Å². The van der Waals surface area contributed by atoms with E-state index < -0.39 is 63.8 Å². The number of amides is 1. The molecule has 1 N–H and O–H groups in total. The standard InChI is InChI=1S/C33H30F6N2O3/c1-3-41(4-2)13-14-44-25-9-5-19(6-10-25)33(43)40-24-17-22(15-20-7-11-26(34)30(38)28(20)36)32(42)23(18-24)16-21-8-12-27(35)31(39)29(21)37/h5-12,15-16,24H,3-4,13-14,17-18H2,1-2H3,(H,40,43)/b22-15+,23-16+. The third kappa shape index (κ3) is 7.57. The Morgan fingerprint density at radius 3 is 1.77 bits per heavy atom. The predicted molar refractivity (Wildman–Crippen MR) is 154 cm³/mol. The highest BCUT2D eigenvalue weighted by molar-refractivity contribution is 6.14. The summed E-state index contributed by atoms with van der Waals surface area (Å²) >= 11 is 0. The molecule has 4 rings (SSSR count). The molecule has 1 amide bonds. The Hall–Kier alpha value is -4.38. The van der Waals surface area contributed by atoms with Crippen LogP contribution in [0.5, 0.6) is 5.75 Å². The monoisotopic (exact) mass is 616 g/mol. The van der Waals surface area contributed by atoms with Crippen molar-refractivity contribution in [3.63, 3.8) is 0 Å². The number of halogens is 6. The summed E-state index contributed by atoms with van der Waals surface area (Å²) in [6, 6.07) is 8.87. The minimum absolute atomic E-state index is 0.0994. The van der Waals surface area contributed by atoms with Gasteiger partial charge in [-0.25, -0.2) is 26.3 Å². The molecule has 0 unspecified atom stereocenters. The smallest absolute Gasteiger partial charge is 0.251 e. The molecule has 1 aliphatic rings. The Bertz CT molecular complexity index is 1520. The summed E-state index contributed by atoms with van der Waals surface area (Å²) in [5, 5.41) is 2.77. The van der Waals surface area contributed by atoms with E-state index in [2.05, 4.69) is 24.1 Å². The maximum absolute atomic E-state index is 14.4. The van der Waals surface area contributed by atoms with Crippen molar-refractivity contribution in [2.75, 3.05) is 26.2 Å². The Kier molecular flexibility index (Phi) is 10.6.